The highest BCUT2D eigenvalue weighted by molar-refractivity contribution is 7.80. The molecule has 0 bridgehead atoms. The first-order valence-electron chi connectivity index (χ1n) is 8.31. The van der Waals surface area contributed by atoms with Crippen molar-refractivity contribution in [1.82, 2.24) is 24.7 Å². The minimum absolute atomic E-state index is 0.0838. The van der Waals surface area contributed by atoms with Crippen LogP contribution in [-0.4, -0.2) is 51.6 Å². The summed E-state index contributed by atoms with van der Waals surface area (Å²) < 4.78 is 2.09. The second-order valence-corrected chi connectivity index (χ2v) is 6.97. The Kier molecular flexibility index (Phi) is 5.16. The zero-order valence-electron chi connectivity index (χ0n) is 14.5. The molecule has 6 heteroatoms. The van der Waals surface area contributed by atoms with Crippen LogP contribution in [-0.2, 0) is 7.05 Å². The van der Waals surface area contributed by atoms with Crippen molar-refractivity contribution in [1.29, 1.82) is 0 Å². The third kappa shape index (κ3) is 3.60. The number of aromatic nitrogens is 2. The quantitative estimate of drug-likeness (QED) is 0.815. The third-order valence-electron chi connectivity index (χ3n) is 4.40. The van der Waals surface area contributed by atoms with Gasteiger partial charge in [-0.05, 0) is 63.0 Å². The number of nitrogens with one attached hydrogen (secondary N) is 1. The summed E-state index contributed by atoms with van der Waals surface area (Å²) in [4.78, 5) is 9.08. The van der Waals surface area contributed by atoms with E-state index in [-0.39, 0.29) is 12.1 Å². The molecule has 0 aromatic carbocycles. The highest BCUT2D eigenvalue weighted by Crippen LogP contribution is 2.38. The van der Waals surface area contributed by atoms with E-state index in [9.17, 15) is 0 Å². The second kappa shape index (κ2) is 7.32. The Morgan fingerprint density at radius 3 is 2.75 bits per heavy atom. The van der Waals surface area contributed by atoms with E-state index in [1.165, 1.54) is 5.56 Å². The highest BCUT2D eigenvalue weighted by Gasteiger charge is 2.39. The van der Waals surface area contributed by atoms with Crippen LogP contribution in [0.3, 0.4) is 0 Å². The summed E-state index contributed by atoms with van der Waals surface area (Å²) in [7, 11) is 6.26. The molecule has 1 saturated heterocycles. The maximum absolute atomic E-state index is 5.65. The van der Waals surface area contributed by atoms with E-state index in [0.29, 0.717) is 0 Å². The maximum atomic E-state index is 5.65. The van der Waals surface area contributed by atoms with Crippen molar-refractivity contribution in [2.75, 3.05) is 27.2 Å². The van der Waals surface area contributed by atoms with E-state index in [1.54, 1.807) is 0 Å². The standard InChI is InChI=1S/C18H25N5S/c1-21(2)10-6-11-23-17(14-8-12-22(3)13-14)16(20-18(23)24)15-7-4-5-9-19-15/h4-5,7-9,12-13,16-17H,6,10-11H2,1-3H3,(H,20,24)/t16-,17+/m1/s1. The van der Waals surface area contributed by atoms with Gasteiger partial charge in [-0.25, -0.2) is 0 Å². The lowest BCUT2D eigenvalue weighted by Crippen LogP contribution is -2.32. The monoisotopic (exact) mass is 343 g/mol. The van der Waals surface area contributed by atoms with Gasteiger partial charge in [-0.3, -0.25) is 4.98 Å². The molecule has 0 spiro atoms. The second-order valence-electron chi connectivity index (χ2n) is 6.59. The van der Waals surface area contributed by atoms with Gasteiger partial charge in [0.2, 0.25) is 0 Å². The van der Waals surface area contributed by atoms with Gasteiger partial charge in [-0.1, -0.05) is 6.07 Å². The third-order valence-corrected chi connectivity index (χ3v) is 4.75. The molecule has 3 heterocycles. The average Bonchev–Trinajstić information content (AvgIpc) is 3.12. The van der Waals surface area contributed by atoms with Crippen LogP contribution in [0.25, 0.3) is 0 Å². The van der Waals surface area contributed by atoms with Crippen LogP contribution >= 0.6 is 12.2 Å². The predicted molar refractivity (Wildman–Crippen MR) is 101 cm³/mol. The van der Waals surface area contributed by atoms with Crippen LogP contribution in [0, 0.1) is 0 Å². The van der Waals surface area contributed by atoms with Gasteiger partial charge in [0.15, 0.2) is 5.11 Å². The van der Waals surface area contributed by atoms with Crippen LogP contribution in [0.2, 0.25) is 0 Å². The largest absolute Gasteiger partial charge is 0.357 e. The molecule has 1 N–H and O–H groups in total. The average molecular weight is 344 g/mol. The fourth-order valence-corrected chi connectivity index (χ4v) is 3.60. The van der Waals surface area contributed by atoms with Crippen molar-refractivity contribution in [3.63, 3.8) is 0 Å². The van der Waals surface area contributed by atoms with Gasteiger partial charge in [0.05, 0.1) is 17.8 Å². The minimum atomic E-state index is 0.0838. The van der Waals surface area contributed by atoms with Crippen LogP contribution in [0.4, 0.5) is 0 Å². The van der Waals surface area contributed by atoms with Crippen molar-refractivity contribution in [2.24, 2.45) is 7.05 Å². The first kappa shape index (κ1) is 16.9. The first-order chi connectivity index (χ1) is 11.6. The number of hydrogen-bond donors (Lipinski definition) is 1. The molecule has 128 valence electrons. The molecule has 0 aliphatic carbocycles. The zero-order valence-corrected chi connectivity index (χ0v) is 15.3. The van der Waals surface area contributed by atoms with E-state index in [2.05, 4.69) is 70.3 Å². The van der Waals surface area contributed by atoms with E-state index in [0.717, 1.165) is 30.3 Å². The number of rotatable bonds is 6. The Bertz CT molecular complexity index is 682. The first-order valence-corrected chi connectivity index (χ1v) is 8.72. The normalized spacial score (nSPS) is 20.7. The van der Waals surface area contributed by atoms with Gasteiger partial charge < -0.3 is 19.7 Å². The Labute approximate surface area is 149 Å². The van der Waals surface area contributed by atoms with Crippen LogP contribution in [0.5, 0.6) is 0 Å². The number of pyridine rings is 1. The molecular formula is C18H25N5S. The molecule has 0 radical (unpaired) electrons. The summed E-state index contributed by atoms with van der Waals surface area (Å²) in [5, 5.41) is 4.31. The van der Waals surface area contributed by atoms with Gasteiger partial charge >= 0.3 is 0 Å². The van der Waals surface area contributed by atoms with Gasteiger partial charge in [0.25, 0.3) is 0 Å². The maximum Gasteiger partial charge on any atom is 0.170 e. The molecule has 3 rings (SSSR count). The number of aryl methyl sites for hydroxylation is 1. The SMILES string of the molecule is CN(C)CCCN1C(=S)N[C@H](c2ccccn2)[C@@H]1c1ccn(C)c1. The molecule has 0 unspecified atom stereocenters. The van der Waals surface area contributed by atoms with E-state index < -0.39 is 0 Å². The van der Waals surface area contributed by atoms with Crippen molar-refractivity contribution in [3.05, 3.63) is 54.1 Å². The van der Waals surface area contributed by atoms with Crippen LogP contribution < -0.4 is 5.32 Å². The van der Waals surface area contributed by atoms with Gasteiger partial charge in [-0.15, -0.1) is 0 Å². The molecule has 1 fully saturated rings. The Hall–Kier alpha value is -1.92. The summed E-state index contributed by atoms with van der Waals surface area (Å²) in [6.45, 7) is 1.99. The summed E-state index contributed by atoms with van der Waals surface area (Å²) in [6.07, 6.45) is 7.18. The van der Waals surface area contributed by atoms with Crippen molar-refractivity contribution in [2.45, 2.75) is 18.5 Å². The lowest BCUT2D eigenvalue weighted by atomic mass is 9.99. The smallest absolute Gasteiger partial charge is 0.170 e. The topological polar surface area (TPSA) is 36.3 Å². The van der Waals surface area contributed by atoms with E-state index in [1.807, 2.05) is 18.3 Å². The Morgan fingerprint density at radius 2 is 2.12 bits per heavy atom. The van der Waals surface area contributed by atoms with Gasteiger partial charge in [-0.2, -0.15) is 0 Å². The molecule has 0 saturated carbocycles. The van der Waals surface area contributed by atoms with Gasteiger partial charge in [0.1, 0.15) is 0 Å². The minimum Gasteiger partial charge on any atom is -0.357 e. The van der Waals surface area contributed by atoms with Crippen molar-refractivity contribution >= 4 is 17.3 Å². The van der Waals surface area contributed by atoms with E-state index >= 15 is 0 Å². The summed E-state index contributed by atoms with van der Waals surface area (Å²) in [6, 6.07) is 8.48. The fourth-order valence-electron chi connectivity index (χ4n) is 3.27. The van der Waals surface area contributed by atoms with Crippen molar-refractivity contribution in [3.8, 4) is 0 Å². The molecule has 1 aliphatic heterocycles. The summed E-state index contributed by atoms with van der Waals surface area (Å²) in [5.41, 5.74) is 2.30. The lowest BCUT2D eigenvalue weighted by molar-refractivity contribution is 0.293. The van der Waals surface area contributed by atoms with Crippen LogP contribution in [0.15, 0.2) is 42.9 Å². The summed E-state index contributed by atoms with van der Waals surface area (Å²) in [5.74, 6) is 0. The molecule has 2 aromatic heterocycles. The van der Waals surface area contributed by atoms with Crippen molar-refractivity contribution < 1.29 is 0 Å². The number of nitrogens with zero attached hydrogens (tertiary/aromatic N) is 4. The molecule has 1 aliphatic rings. The molecule has 2 aromatic rings. The fraction of sp³-hybridized carbons (Fsp3) is 0.444. The number of thiocarbonyl (C=S) groups is 1. The Balaban J connectivity index is 1.88. The molecule has 24 heavy (non-hydrogen) atoms. The summed E-state index contributed by atoms with van der Waals surface area (Å²) >= 11 is 5.65. The zero-order chi connectivity index (χ0) is 17.1. The van der Waals surface area contributed by atoms with Crippen LogP contribution in [0.1, 0.15) is 29.8 Å². The number of hydrogen-bond acceptors (Lipinski definition) is 3. The highest BCUT2D eigenvalue weighted by atomic mass is 32.1. The molecule has 5 nitrogen and oxygen atoms in total. The molecule has 2 atom stereocenters. The Morgan fingerprint density at radius 1 is 1.29 bits per heavy atom. The van der Waals surface area contributed by atoms with Gasteiger partial charge in [0, 0.05) is 32.2 Å². The molecule has 0 amide bonds. The predicted octanol–water partition coefficient (Wildman–Crippen LogP) is 2.34. The lowest BCUT2D eigenvalue weighted by Gasteiger charge is -2.27. The molecular weight excluding hydrogens is 318 g/mol. The van der Waals surface area contributed by atoms with E-state index in [4.69, 9.17) is 12.2 Å².